The van der Waals surface area contributed by atoms with Crippen molar-refractivity contribution in [2.75, 3.05) is 0 Å². The van der Waals surface area contributed by atoms with Gasteiger partial charge in [0.05, 0.1) is 0 Å². The van der Waals surface area contributed by atoms with Gasteiger partial charge in [0.1, 0.15) is 21.9 Å². The second-order valence-corrected chi connectivity index (χ2v) is 6.53. The van der Waals surface area contributed by atoms with Crippen LogP contribution in [0.25, 0.3) is 0 Å². The van der Waals surface area contributed by atoms with Crippen molar-refractivity contribution in [1.82, 2.24) is 24.9 Å². The van der Waals surface area contributed by atoms with Crippen LogP contribution < -0.4 is 0 Å². The summed E-state index contributed by atoms with van der Waals surface area (Å²) in [6, 6.07) is 0. The molecule has 0 radical (unpaired) electrons. The van der Waals surface area contributed by atoms with Gasteiger partial charge in [-0.25, -0.2) is 0 Å². The van der Waals surface area contributed by atoms with Crippen LogP contribution in [0.3, 0.4) is 0 Å². The molecule has 0 saturated carbocycles. The lowest BCUT2D eigenvalue weighted by Gasteiger charge is -2.08. The van der Waals surface area contributed by atoms with Crippen molar-refractivity contribution in [3.8, 4) is 0 Å². The second-order valence-electron chi connectivity index (χ2n) is 4.86. The molecule has 2 heterocycles. The Kier molecular flexibility index (Phi) is 4.32. The van der Waals surface area contributed by atoms with Gasteiger partial charge in [-0.1, -0.05) is 19.0 Å². The number of aromatic nitrogens is 5. The van der Waals surface area contributed by atoms with Crippen LogP contribution in [0.15, 0.2) is 9.68 Å². The first-order chi connectivity index (χ1) is 9.45. The summed E-state index contributed by atoms with van der Waals surface area (Å²) in [5.74, 6) is 1.92. The van der Waals surface area contributed by atoms with Crippen LogP contribution in [0, 0.1) is 6.92 Å². The molecule has 0 aliphatic heterocycles. The maximum absolute atomic E-state index is 12.6. The van der Waals surface area contributed by atoms with E-state index in [4.69, 9.17) is 4.52 Å². The van der Waals surface area contributed by atoms with Gasteiger partial charge in [0.25, 0.3) is 0 Å². The molecular formula is C12H19N5O2S. The molecule has 2 rings (SSSR count). The Balaban J connectivity index is 2.27. The highest BCUT2D eigenvalue weighted by Crippen LogP contribution is 2.24. The predicted octanol–water partition coefficient (Wildman–Crippen LogP) is 1.98. The number of nitrogens with zero attached hydrogens (tertiary/aromatic N) is 5. The van der Waals surface area contributed by atoms with Crippen LogP contribution >= 0.6 is 0 Å². The highest BCUT2D eigenvalue weighted by atomic mass is 32.2. The van der Waals surface area contributed by atoms with Crippen molar-refractivity contribution in [2.24, 2.45) is 0 Å². The van der Waals surface area contributed by atoms with E-state index >= 15 is 0 Å². The third-order valence-corrected chi connectivity index (χ3v) is 4.55. The first kappa shape index (κ1) is 14.8. The normalized spacial score (nSPS) is 14.7. The first-order valence-corrected chi connectivity index (χ1v) is 7.80. The van der Waals surface area contributed by atoms with Gasteiger partial charge in [-0.15, -0.1) is 10.2 Å². The van der Waals surface area contributed by atoms with E-state index in [1.807, 2.05) is 32.3 Å². The summed E-state index contributed by atoms with van der Waals surface area (Å²) in [6.45, 7) is 10.2. The van der Waals surface area contributed by atoms with E-state index in [1.165, 1.54) is 0 Å². The van der Waals surface area contributed by atoms with Gasteiger partial charge >= 0.3 is 0 Å². The zero-order chi connectivity index (χ0) is 14.9. The van der Waals surface area contributed by atoms with Gasteiger partial charge < -0.3 is 9.09 Å². The molecule has 8 heteroatoms. The largest absolute Gasteiger partial charge is 0.338 e. The summed E-state index contributed by atoms with van der Waals surface area (Å²) in [4.78, 5) is 4.29. The van der Waals surface area contributed by atoms with E-state index in [9.17, 15) is 4.21 Å². The molecule has 0 amide bonds. The van der Waals surface area contributed by atoms with Crippen LogP contribution in [0.5, 0.6) is 0 Å². The molecule has 20 heavy (non-hydrogen) atoms. The molecule has 2 aromatic rings. The molecule has 0 bridgehead atoms. The Morgan fingerprint density at radius 1 is 1.30 bits per heavy atom. The van der Waals surface area contributed by atoms with Gasteiger partial charge in [0.2, 0.25) is 11.0 Å². The third kappa shape index (κ3) is 2.65. The van der Waals surface area contributed by atoms with Gasteiger partial charge in [-0.2, -0.15) is 4.98 Å². The molecule has 7 nitrogen and oxygen atoms in total. The Hall–Kier alpha value is -1.57. The summed E-state index contributed by atoms with van der Waals surface area (Å²) in [5, 5.41) is 11.9. The second kappa shape index (κ2) is 5.82. The monoisotopic (exact) mass is 297 g/mol. The van der Waals surface area contributed by atoms with Crippen molar-refractivity contribution in [3.63, 3.8) is 0 Å². The highest BCUT2D eigenvalue weighted by molar-refractivity contribution is 7.85. The van der Waals surface area contributed by atoms with E-state index in [2.05, 4.69) is 20.3 Å². The van der Waals surface area contributed by atoms with Crippen molar-refractivity contribution >= 4 is 10.8 Å². The maximum atomic E-state index is 12.6. The zero-order valence-corrected chi connectivity index (χ0v) is 13.1. The molecule has 0 spiro atoms. The van der Waals surface area contributed by atoms with E-state index in [0.29, 0.717) is 23.4 Å². The van der Waals surface area contributed by atoms with Crippen LogP contribution in [0.2, 0.25) is 0 Å². The first-order valence-electron chi connectivity index (χ1n) is 6.59. The van der Waals surface area contributed by atoms with Crippen molar-refractivity contribution in [3.05, 3.63) is 17.5 Å². The minimum absolute atomic E-state index is 0.176. The maximum Gasteiger partial charge on any atom is 0.242 e. The smallest absolute Gasteiger partial charge is 0.242 e. The fourth-order valence-electron chi connectivity index (χ4n) is 1.77. The lowest BCUT2D eigenvalue weighted by molar-refractivity contribution is 0.371. The van der Waals surface area contributed by atoms with Crippen LogP contribution in [-0.4, -0.2) is 29.1 Å². The molecule has 0 fully saturated rings. The topological polar surface area (TPSA) is 86.7 Å². The lowest BCUT2D eigenvalue weighted by Crippen LogP contribution is -2.11. The molecule has 0 N–H and O–H groups in total. The summed E-state index contributed by atoms with van der Waals surface area (Å²) in [7, 11) is -1.38. The standard InChI is InChI=1S/C12H19N5O2S/c1-6-17-9(5)14-15-12(17)20(18)8(4)11-13-10(7(2)3)16-19-11/h7-8H,6H2,1-5H3. The molecule has 0 aliphatic carbocycles. The molecule has 2 unspecified atom stereocenters. The molecular weight excluding hydrogens is 278 g/mol. The number of hydrogen-bond acceptors (Lipinski definition) is 6. The van der Waals surface area contributed by atoms with Gasteiger partial charge in [-0.05, 0) is 20.8 Å². The predicted molar refractivity (Wildman–Crippen MR) is 73.6 cm³/mol. The van der Waals surface area contributed by atoms with E-state index < -0.39 is 16.0 Å². The fraction of sp³-hybridized carbons (Fsp3) is 0.667. The minimum Gasteiger partial charge on any atom is -0.338 e. The Bertz CT molecular complexity index is 619. The van der Waals surface area contributed by atoms with E-state index in [1.54, 1.807) is 6.92 Å². The highest BCUT2D eigenvalue weighted by Gasteiger charge is 2.26. The summed E-state index contributed by atoms with van der Waals surface area (Å²) in [5.41, 5.74) is 0. The van der Waals surface area contributed by atoms with Crippen molar-refractivity contribution in [1.29, 1.82) is 0 Å². The van der Waals surface area contributed by atoms with Crippen LogP contribution in [-0.2, 0) is 17.3 Å². The average molecular weight is 297 g/mol. The van der Waals surface area contributed by atoms with Crippen LogP contribution in [0.4, 0.5) is 0 Å². The summed E-state index contributed by atoms with van der Waals surface area (Å²) in [6.07, 6.45) is 0. The van der Waals surface area contributed by atoms with Crippen molar-refractivity contribution < 1.29 is 8.73 Å². The molecule has 0 aromatic carbocycles. The molecule has 2 aromatic heterocycles. The fourth-order valence-corrected chi connectivity index (χ4v) is 2.97. The van der Waals surface area contributed by atoms with Crippen molar-refractivity contribution in [2.45, 2.75) is 57.5 Å². The van der Waals surface area contributed by atoms with Gasteiger partial charge in [0.15, 0.2) is 5.82 Å². The number of hydrogen-bond donors (Lipinski definition) is 0. The number of aryl methyl sites for hydroxylation is 1. The van der Waals surface area contributed by atoms with E-state index in [0.717, 1.165) is 5.82 Å². The van der Waals surface area contributed by atoms with Gasteiger partial charge in [-0.3, -0.25) is 4.21 Å². The summed E-state index contributed by atoms with van der Waals surface area (Å²) >= 11 is 0. The lowest BCUT2D eigenvalue weighted by atomic mass is 10.2. The molecule has 110 valence electrons. The van der Waals surface area contributed by atoms with E-state index in [-0.39, 0.29) is 5.92 Å². The zero-order valence-electron chi connectivity index (χ0n) is 12.3. The molecule has 0 aliphatic rings. The number of rotatable bonds is 5. The SMILES string of the molecule is CCn1c(C)nnc1S(=O)C(C)c1nc(C(C)C)no1. The Morgan fingerprint density at radius 2 is 2.00 bits per heavy atom. The molecule has 2 atom stereocenters. The summed E-state index contributed by atoms with van der Waals surface area (Å²) < 4.78 is 19.6. The van der Waals surface area contributed by atoms with Crippen LogP contribution in [0.1, 0.15) is 56.4 Å². The molecule has 0 saturated heterocycles. The van der Waals surface area contributed by atoms with Gasteiger partial charge in [0, 0.05) is 12.5 Å². The third-order valence-electron chi connectivity index (χ3n) is 3.04. The minimum atomic E-state index is -1.38. The quantitative estimate of drug-likeness (QED) is 0.838. The Labute approximate surface area is 120 Å². The Morgan fingerprint density at radius 3 is 2.55 bits per heavy atom. The average Bonchev–Trinajstić information content (AvgIpc) is 3.03.